The number of halogens is 1. The zero-order valence-corrected chi connectivity index (χ0v) is 11.0. The molecule has 0 saturated carbocycles. The van der Waals surface area contributed by atoms with Crippen molar-refractivity contribution in [1.82, 2.24) is 10.6 Å². The van der Waals surface area contributed by atoms with Crippen LogP contribution in [-0.4, -0.2) is 30.6 Å². The molecule has 1 spiro atoms. The van der Waals surface area contributed by atoms with E-state index in [1.54, 1.807) is 0 Å². The third-order valence-electron chi connectivity index (χ3n) is 3.82. The molecule has 2 aliphatic rings. The smallest absolute Gasteiger partial charge is 0.322 e. The van der Waals surface area contributed by atoms with Crippen molar-refractivity contribution in [3.05, 3.63) is 29.3 Å². The van der Waals surface area contributed by atoms with Gasteiger partial charge in [0.15, 0.2) is 0 Å². The van der Waals surface area contributed by atoms with Gasteiger partial charge in [-0.2, -0.15) is 0 Å². The first kappa shape index (κ1) is 12.3. The Balaban J connectivity index is 1.71. The van der Waals surface area contributed by atoms with Crippen LogP contribution < -0.4 is 15.5 Å². The number of carbonyl (C=O) groups is 2. The molecule has 0 aliphatic carbocycles. The number of hydrogen-bond donors (Lipinski definition) is 2. The highest BCUT2D eigenvalue weighted by molar-refractivity contribution is 6.30. The number of nitrogens with one attached hydrogen (secondary N) is 2. The monoisotopic (exact) mass is 279 g/mol. The lowest BCUT2D eigenvalue weighted by Crippen LogP contribution is -2.54. The molecule has 3 amide bonds. The predicted molar refractivity (Wildman–Crippen MR) is 72.3 cm³/mol. The molecule has 0 aromatic heterocycles. The van der Waals surface area contributed by atoms with Crippen molar-refractivity contribution in [3.8, 4) is 0 Å². The van der Waals surface area contributed by atoms with E-state index in [0.717, 1.165) is 18.8 Å². The zero-order chi connectivity index (χ0) is 13.5. The minimum Gasteiger partial charge on any atom is -0.371 e. The number of carbonyl (C=O) groups excluding carboxylic acids is 2. The van der Waals surface area contributed by atoms with E-state index in [4.69, 9.17) is 11.6 Å². The molecular weight excluding hydrogens is 266 g/mol. The van der Waals surface area contributed by atoms with E-state index in [1.165, 1.54) is 0 Å². The van der Waals surface area contributed by atoms with Gasteiger partial charge in [0.1, 0.15) is 5.54 Å². The topological polar surface area (TPSA) is 61.4 Å². The van der Waals surface area contributed by atoms with Crippen LogP contribution in [0.3, 0.4) is 0 Å². The summed E-state index contributed by atoms with van der Waals surface area (Å²) in [5.74, 6) is -0.201. The second kappa shape index (κ2) is 4.42. The lowest BCUT2D eigenvalue weighted by Gasteiger charge is -2.38. The van der Waals surface area contributed by atoms with Gasteiger partial charge in [-0.1, -0.05) is 11.6 Å². The normalized spacial score (nSPS) is 21.4. The van der Waals surface area contributed by atoms with Crippen molar-refractivity contribution in [2.75, 3.05) is 18.0 Å². The lowest BCUT2D eigenvalue weighted by molar-refractivity contribution is -0.124. The summed E-state index contributed by atoms with van der Waals surface area (Å²) in [6, 6.07) is 7.25. The largest absolute Gasteiger partial charge is 0.371 e. The molecule has 0 radical (unpaired) electrons. The molecule has 0 unspecified atom stereocenters. The molecule has 2 aliphatic heterocycles. The van der Waals surface area contributed by atoms with Gasteiger partial charge in [0.25, 0.3) is 5.91 Å². The number of imide groups is 1. The maximum atomic E-state index is 11.8. The van der Waals surface area contributed by atoms with Crippen molar-refractivity contribution in [2.45, 2.75) is 18.4 Å². The molecule has 2 saturated heterocycles. The van der Waals surface area contributed by atoms with Crippen molar-refractivity contribution >= 4 is 29.2 Å². The van der Waals surface area contributed by atoms with Crippen LogP contribution in [0, 0.1) is 0 Å². The fourth-order valence-corrected chi connectivity index (χ4v) is 2.80. The van der Waals surface area contributed by atoms with Crippen LogP contribution in [0.25, 0.3) is 0 Å². The fourth-order valence-electron chi connectivity index (χ4n) is 2.68. The molecule has 2 heterocycles. The Bertz CT molecular complexity index is 521. The van der Waals surface area contributed by atoms with Gasteiger partial charge >= 0.3 is 6.03 Å². The van der Waals surface area contributed by atoms with Gasteiger partial charge in [-0.25, -0.2) is 4.79 Å². The number of rotatable bonds is 1. The van der Waals surface area contributed by atoms with Crippen molar-refractivity contribution in [3.63, 3.8) is 0 Å². The molecule has 2 fully saturated rings. The van der Waals surface area contributed by atoms with Gasteiger partial charge in [-0.3, -0.25) is 10.1 Å². The Morgan fingerprint density at radius 2 is 1.74 bits per heavy atom. The third kappa shape index (κ3) is 2.14. The van der Waals surface area contributed by atoms with Crippen LogP contribution in [0.5, 0.6) is 0 Å². The van der Waals surface area contributed by atoms with E-state index in [0.29, 0.717) is 17.9 Å². The van der Waals surface area contributed by atoms with E-state index in [1.807, 2.05) is 24.3 Å². The van der Waals surface area contributed by atoms with Crippen LogP contribution in [0.4, 0.5) is 10.5 Å². The highest BCUT2D eigenvalue weighted by atomic mass is 35.5. The molecule has 19 heavy (non-hydrogen) atoms. The van der Waals surface area contributed by atoms with Gasteiger partial charge in [0.2, 0.25) is 0 Å². The van der Waals surface area contributed by atoms with Crippen LogP contribution in [0.1, 0.15) is 12.8 Å². The molecule has 1 aromatic rings. The Kier molecular flexibility index (Phi) is 2.86. The second-order valence-corrected chi connectivity index (χ2v) is 5.39. The molecule has 0 bridgehead atoms. The van der Waals surface area contributed by atoms with Gasteiger partial charge in [-0.15, -0.1) is 0 Å². The van der Waals surface area contributed by atoms with Gasteiger partial charge in [0, 0.05) is 23.8 Å². The molecule has 2 N–H and O–H groups in total. The molecule has 5 nitrogen and oxygen atoms in total. The lowest BCUT2D eigenvalue weighted by atomic mass is 9.87. The molecule has 1 aromatic carbocycles. The first-order chi connectivity index (χ1) is 9.09. The number of anilines is 1. The summed E-state index contributed by atoms with van der Waals surface area (Å²) in [6.45, 7) is 1.46. The Morgan fingerprint density at radius 3 is 2.26 bits per heavy atom. The summed E-state index contributed by atoms with van der Waals surface area (Å²) in [5.41, 5.74) is 0.379. The SMILES string of the molecule is O=C1NC(=O)C2(CCN(c3ccc(Cl)cc3)CC2)N1. The summed E-state index contributed by atoms with van der Waals surface area (Å²) in [4.78, 5) is 25.3. The van der Waals surface area contributed by atoms with Crippen LogP contribution in [0.2, 0.25) is 5.02 Å². The fraction of sp³-hybridized carbons (Fsp3) is 0.385. The van der Waals surface area contributed by atoms with Crippen LogP contribution >= 0.6 is 11.6 Å². The van der Waals surface area contributed by atoms with E-state index >= 15 is 0 Å². The van der Waals surface area contributed by atoms with Crippen molar-refractivity contribution < 1.29 is 9.59 Å². The van der Waals surface area contributed by atoms with E-state index in [9.17, 15) is 9.59 Å². The first-order valence-corrected chi connectivity index (χ1v) is 6.61. The standard InChI is InChI=1S/C13H14ClN3O2/c14-9-1-3-10(4-2-9)17-7-5-13(6-8-17)11(18)15-12(19)16-13/h1-4H,5-8H2,(H2,15,16,18,19). The summed E-state index contributed by atoms with van der Waals surface area (Å²) in [7, 11) is 0. The molecule has 6 heteroatoms. The third-order valence-corrected chi connectivity index (χ3v) is 4.08. The van der Waals surface area contributed by atoms with Gasteiger partial charge in [-0.05, 0) is 37.1 Å². The van der Waals surface area contributed by atoms with Gasteiger partial charge in [0.05, 0.1) is 0 Å². The predicted octanol–water partition coefficient (Wildman–Crippen LogP) is 1.52. The number of amides is 3. The summed E-state index contributed by atoms with van der Waals surface area (Å²) in [5, 5.41) is 5.78. The van der Waals surface area contributed by atoms with Gasteiger partial charge < -0.3 is 10.2 Å². The number of benzene rings is 1. The zero-order valence-electron chi connectivity index (χ0n) is 10.3. The summed E-state index contributed by atoms with van der Waals surface area (Å²) in [6.07, 6.45) is 1.24. The molecule has 0 atom stereocenters. The van der Waals surface area contributed by atoms with E-state index in [2.05, 4.69) is 15.5 Å². The summed E-state index contributed by atoms with van der Waals surface area (Å²) < 4.78 is 0. The highest BCUT2D eigenvalue weighted by Gasteiger charge is 2.47. The minimum atomic E-state index is -0.708. The number of piperidine rings is 1. The Morgan fingerprint density at radius 1 is 1.11 bits per heavy atom. The molecule has 100 valence electrons. The highest BCUT2D eigenvalue weighted by Crippen LogP contribution is 2.29. The second-order valence-electron chi connectivity index (χ2n) is 4.95. The van der Waals surface area contributed by atoms with Crippen LogP contribution in [0.15, 0.2) is 24.3 Å². The summed E-state index contributed by atoms with van der Waals surface area (Å²) >= 11 is 5.87. The Hall–Kier alpha value is -1.75. The minimum absolute atomic E-state index is 0.201. The number of nitrogens with zero attached hydrogens (tertiary/aromatic N) is 1. The quantitative estimate of drug-likeness (QED) is 0.766. The van der Waals surface area contributed by atoms with E-state index in [-0.39, 0.29) is 11.9 Å². The molecule has 3 rings (SSSR count). The average molecular weight is 280 g/mol. The number of urea groups is 1. The average Bonchev–Trinajstić information content (AvgIpc) is 2.66. The van der Waals surface area contributed by atoms with Crippen molar-refractivity contribution in [1.29, 1.82) is 0 Å². The van der Waals surface area contributed by atoms with Crippen LogP contribution in [-0.2, 0) is 4.79 Å². The molecular formula is C13H14ClN3O2. The maximum absolute atomic E-state index is 11.8. The Labute approximate surface area is 115 Å². The van der Waals surface area contributed by atoms with E-state index < -0.39 is 5.54 Å². The first-order valence-electron chi connectivity index (χ1n) is 6.23. The number of hydrogen-bond acceptors (Lipinski definition) is 3. The maximum Gasteiger partial charge on any atom is 0.322 e. The van der Waals surface area contributed by atoms with Crippen molar-refractivity contribution in [2.24, 2.45) is 0 Å².